The summed E-state index contributed by atoms with van der Waals surface area (Å²) in [5, 5.41) is 2.09. The zero-order valence-electron chi connectivity index (χ0n) is 10.2. The van der Waals surface area contributed by atoms with Crippen LogP contribution in [-0.2, 0) is 16.1 Å². The average Bonchev–Trinajstić information content (AvgIpc) is 2.83. The van der Waals surface area contributed by atoms with Crippen molar-refractivity contribution in [2.45, 2.75) is 19.4 Å². The van der Waals surface area contributed by atoms with Crippen molar-refractivity contribution in [1.82, 2.24) is 4.90 Å². The van der Waals surface area contributed by atoms with Gasteiger partial charge in [-0.3, -0.25) is 0 Å². The molecule has 3 nitrogen and oxygen atoms in total. The van der Waals surface area contributed by atoms with Gasteiger partial charge in [0.25, 0.3) is 0 Å². The van der Waals surface area contributed by atoms with Gasteiger partial charge in [0.05, 0.1) is 0 Å². The molecular formula is C13H19NO2S. The molecule has 0 aromatic carbocycles. The lowest BCUT2D eigenvalue weighted by atomic mass is 9.81. The summed E-state index contributed by atoms with van der Waals surface area (Å²) >= 11 is 1.77. The highest BCUT2D eigenvalue weighted by Gasteiger charge is 2.33. The lowest BCUT2D eigenvalue weighted by Gasteiger charge is -2.35. The van der Waals surface area contributed by atoms with Crippen molar-refractivity contribution in [3.8, 4) is 0 Å². The maximum atomic E-state index is 11.3. The fourth-order valence-electron chi connectivity index (χ4n) is 2.35. The Morgan fingerprint density at radius 3 is 2.88 bits per heavy atom. The smallest absolute Gasteiger partial charge is 0.127 e. The van der Waals surface area contributed by atoms with Gasteiger partial charge in [-0.1, -0.05) is 6.07 Å². The summed E-state index contributed by atoms with van der Waals surface area (Å²) in [6, 6.07) is 4.20. The van der Waals surface area contributed by atoms with E-state index in [2.05, 4.69) is 29.5 Å². The minimum Gasteiger partial charge on any atom is -0.381 e. The first kappa shape index (κ1) is 12.7. The number of aldehydes is 1. The molecule has 1 aliphatic rings. The number of nitrogens with zero attached hydrogens (tertiary/aromatic N) is 1. The molecule has 0 N–H and O–H groups in total. The van der Waals surface area contributed by atoms with Gasteiger partial charge >= 0.3 is 0 Å². The van der Waals surface area contributed by atoms with E-state index >= 15 is 0 Å². The van der Waals surface area contributed by atoms with E-state index in [0.717, 1.165) is 32.2 Å². The Hall–Kier alpha value is -0.710. The number of hydrogen-bond donors (Lipinski definition) is 0. The molecule has 0 saturated carbocycles. The number of hydrogen-bond acceptors (Lipinski definition) is 4. The van der Waals surface area contributed by atoms with Gasteiger partial charge in [0.2, 0.25) is 0 Å². The van der Waals surface area contributed by atoms with Crippen LogP contribution in [0.3, 0.4) is 0 Å². The highest BCUT2D eigenvalue weighted by atomic mass is 32.1. The van der Waals surface area contributed by atoms with Crippen LogP contribution in [0.15, 0.2) is 17.5 Å². The van der Waals surface area contributed by atoms with Crippen molar-refractivity contribution in [2.24, 2.45) is 5.41 Å². The molecule has 0 atom stereocenters. The minimum absolute atomic E-state index is 0.190. The molecular weight excluding hydrogens is 234 g/mol. The van der Waals surface area contributed by atoms with Gasteiger partial charge in [-0.15, -0.1) is 11.3 Å². The van der Waals surface area contributed by atoms with Crippen LogP contribution in [0.1, 0.15) is 17.7 Å². The molecule has 0 unspecified atom stereocenters. The molecule has 94 valence electrons. The van der Waals surface area contributed by atoms with E-state index in [4.69, 9.17) is 4.74 Å². The molecule has 1 saturated heterocycles. The molecule has 0 spiro atoms. The van der Waals surface area contributed by atoms with E-state index in [1.54, 1.807) is 11.3 Å². The first-order valence-electron chi connectivity index (χ1n) is 5.99. The fourth-order valence-corrected chi connectivity index (χ4v) is 3.14. The van der Waals surface area contributed by atoms with Gasteiger partial charge in [0, 0.05) is 36.6 Å². The van der Waals surface area contributed by atoms with E-state index < -0.39 is 0 Å². The molecule has 0 radical (unpaired) electrons. The number of rotatable bonds is 5. The Balaban J connectivity index is 1.91. The molecule has 0 amide bonds. The zero-order valence-corrected chi connectivity index (χ0v) is 11.0. The Morgan fingerprint density at radius 1 is 1.53 bits per heavy atom. The van der Waals surface area contributed by atoms with E-state index in [0.29, 0.717) is 13.2 Å². The van der Waals surface area contributed by atoms with Gasteiger partial charge < -0.3 is 14.4 Å². The lowest BCUT2D eigenvalue weighted by molar-refractivity contribution is -0.122. The monoisotopic (exact) mass is 253 g/mol. The number of thiophene rings is 1. The summed E-state index contributed by atoms with van der Waals surface area (Å²) in [5.41, 5.74) is -0.190. The first-order chi connectivity index (χ1) is 8.24. The van der Waals surface area contributed by atoms with Crippen molar-refractivity contribution in [3.05, 3.63) is 22.4 Å². The second-order valence-corrected chi connectivity index (χ2v) is 5.88. The number of carbonyl (C=O) groups excluding carboxylic acids is 1. The Kier molecular flexibility index (Phi) is 4.31. The highest BCUT2D eigenvalue weighted by Crippen LogP contribution is 2.29. The summed E-state index contributed by atoms with van der Waals surface area (Å²) in [6.07, 6.45) is 2.84. The molecule has 1 fully saturated rings. The third-order valence-corrected chi connectivity index (χ3v) is 4.19. The van der Waals surface area contributed by atoms with Crippen LogP contribution in [0.2, 0.25) is 0 Å². The molecule has 1 aliphatic heterocycles. The van der Waals surface area contributed by atoms with Gasteiger partial charge in [0.15, 0.2) is 0 Å². The SMILES string of the molecule is CN(Cc1cccs1)CC1(C=O)CCOCC1. The van der Waals surface area contributed by atoms with Crippen LogP contribution >= 0.6 is 11.3 Å². The summed E-state index contributed by atoms with van der Waals surface area (Å²) < 4.78 is 5.34. The van der Waals surface area contributed by atoms with E-state index in [1.807, 2.05) is 0 Å². The average molecular weight is 253 g/mol. The molecule has 1 aromatic heterocycles. The standard InChI is InChI=1S/C13H19NO2S/c1-14(9-12-3-2-8-17-12)10-13(11-15)4-6-16-7-5-13/h2-3,8,11H,4-7,9-10H2,1H3. The maximum Gasteiger partial charge on any atom is 0.127 e. The van der Waals surface area contributed by atoms with Crippen LogP contribution in [0.5, 0.6) is 0 Å². The highest BCUT2D eigenvalue weighted by molar-refractivity contribution is 7.09. The molecule has 2 rings (SSSR count). The summed E-state index contributed by atoms with van der Waals surface area (Å²) in [5.74, 6) is 0. The summed E-state index contributed by atoms with van der Waals surface area (Å²) in [6.45, 7) is 3.18. The summed E-state index contributed by atoms with van der Waals surface area (Å²) in [7, 11) is 2.08. The van der Waals surface area contributed by atoms with Crippen LogP contribution in [0, 0.1) is 5.41 Å². The third kappa shape index (κ3) is 3.37. The zero-order chi connectivity index (χ0) is 12.1. The molecule has 2 heterocycles. The molecule has 0 bridgehead atoms. The quantitative estimate of drug-likeness (QED) is 0.753. The number of carbonyl (C=O) groups is 1. The van der Waals surface area contributed by atoms with Crippen molar-refractivity contribution in [3.63, 3.8) is 0 Å². The maximum absolute atomic E-state index is 11.3. The van der Waals surface area contributed by atoms with Gasteiger partial charge in [-0.05, 0) is 31.3 Å². The topological polar surface area (TPSA) is 29.5 Å². The van der Waals surface area contributed by atoms with Gasteiger partial charge in [-0.25, -0.2) is 0 Å². The van der Waals surface area contributed by atoms with Crippen LogP contribution in [0.4, 0.5) is 0 Å². The molecule has 0 aliphatic carbocycles. The Labute approximate surface area is 106 Å². The fraction of sp³-hybridized carbons (Fsp3) is 0.615. The molecule has 17 heavy (non-hydrogen) atoms. The second-order valence-electron chi connectivity index (χ2n) is 4.84. The van der Waals surface area contributed by atoms with Gasteiger partial charge in [0.1, 0.15) is 6.29 Å². The molecule has 1 aromatic rings. The Bertz CT molecular complexity index is 344. The van der Waals surface area contributed by atoms with Crippen molar-refractivity contribution in [1.29, 1.82) is 0 Å². The second kappa shape index (κ2) is 5.76. The van der Waals surface area contributed by atoms with E-state index in [-0.39, 0.29) is 5.41 Å². The van der Waals surface area contributed by atoms with E-state index in [1.165, 1.54) is 4.88 Å². The summed E-state index contributed by atoms with van der Waals surface area (Å²) in [4.78, 5) is 14.9. The Morgan fingerprint density at radius 2 is 2.29 bits per heavy atom. The predicted octanol–water partition coefficient (Wildman–Crippen LogP) is 2.18. The first-order valence-corrected chi connectivity index (χ1v) is 6.87. The van der Waals surface area contributed by atoms with Crippen molar-refractivity contribution in [2.75, 3.05) is 26.8 Å². The third-order valence-electron chi connectivity index (χ3n) is 3.33. The van der Waals surface area contributed by atoms with E-state index in [9.17, 15) is 4.79 Å². The van der Waals surface area contributed by atoms with Crippen LogP contribution in [-0.4, -0.2) is 38.0 Å². The van der Waals surface area contributed by atoms with Crippen molar-refractivity contribution >= 4 is 17.6 Å². The van der Waals surface area contributed by atoms with Crippen LogP contribution in [0.25, 0.3) is 0 Å². The lowest BCUT2D eigenvalue weighted by Crippen LogP contribution is -2.40. The largest absolute Gasteiger partial charge is 0.381 e. The predicted molar refractivity (Wildman–Crippen MR) is 69.2 cm³/mol. The normalized spacial score (nSPS) is 19.4. The van der Waals surface area contributed by atoms with Crippen molar-refractivity contribution < 1.29 is 9.53 Å². The van der Waals surface area contributed by atoms with Crippen LogP contribution < -0.4 is 0 Å². The molecule has 4 heteroatoms. The minimum atomic E-state index is -0.190. The van der Waals surface area contributed by atoms with Gasteiger partial charge in [-0.2, -0.15) is 0 Å². The number of ether oxygens (including phenoxy) is 1.